The van der Waals surface area contributed by atoms with Crippen LogP contribution < -0.4 is 9.80 Å². The van der Waals surface area contributed by atoms with E-state index in [0.717, 1.165) is 118 Å². The number of aromatic nitrogens is 6. The van der Waals surface area contributed by atoms with Crippen molar-refractivity contribution in [2.75, 3.05) is 9.80 Å². The molecule has 0 aliphatic carbocycles. The van der Waals surface area contributed by atoms with Crippen LogP contribution in [-0.4, -0.2) is 29.1 Å². The van der Waals surface area contributed by atoms with E-state index in [2.05, 4.69) is 451 Å². The molecule has 0 atom stereocenters. The van der Waals surface area contributed by atoms with Gasteiger partial charge in [-0.15, -0.1) is 0 Å². The van der Waals surface area contributed by atoms with Gasteiger partial charge in [0.2, 0.25) is 0 Å². The molecular formula is C120H80N8. The molecule has 24 rings (SSSR count). The minimum Gasteiger partial charge on any atom is -0.310 e. The number of para-hydroxylation sites is 6. The van der Waals surface area contributed by atoms with Crippen molar-refractivity contribution in [1.82, 2.24) is 29.1 Å². The van der Waals surface area contributed by atoms with E-state index in [-0.39, 0.29) is 0 Å². The Morgan fingerprint density at radius 1 is 0.164 bits per heavy atom. The van der Waals surface area contributed by atoms with E-state index in [9.17, 15) is 0 Å². The molecule has 8 nitrogen and oxygen atoms in total. The van der Waals surface area contributed by atoms with Crippen molar-refractivity contribution in [3.63, 3.8) is 0 Å². The van der Waals surface area contributed by atoms with Crippen LogP contribution in [0.15, 0.2) is 486 Å². The van der Waals surface area contributed by atoms with E-state index in [1.54, 1.807) is 0 Å². The average molecular weight is 1630 g/mol. The summed E-state index contributed by atoms with van der Waals surface area (Å²) < 4.78 is 4.75. The Hall–Kier alpha value is -17.2. The zero-order valence-electron chi connectivity index (χ0n) is 69.8. The van der Waals surface area contributed by atoms with Crippen LogP contribution in [0.25, 0.3) is 188 Å². The van der Waals surface area contributed by atoms with Gasteiger partial charge in [0.25, 0.3) is 0 Å². The number of anilines is 6. The second kappa shape index (κ2) is 32.9. The van der Waals surface area contributed by atoms with Crippen molar-refractivity contribution in [2.24, 2.45) is 0 Å². The van der Waals surface area contributed by atoms with Crippen LogP contribution in [-0.2, 0) is 0 Å². The van der Waals surface area contributed by atoms with Gasteiger partial charge in [0, 0.05) is 114 Å². The summed E-state index contributed by atoms with van der Waals surface area (Å²) >= 11 is 0. The lowest BCUT2D eigenvalue weighted by molar-refractivity contribution is 1.18. The van der Waals surface area contributed by atoms with Gasteiger partial charge < -0.3 is 18.9 Å². The van der Waals surface area contributed by atoms with Crippen LogP contribution >= 0.6 is 0 Å². The molecule has 0 saturated carbocycles. The molecule has 0 fully saturated rings. The molecule has 6 aromatic heterocycles. The van der Waals surface area contributed by atoms with Crippen LogP contribution in [0.1, 0.15) is 0 Å². The predicted molar refractivity (Wildman–Crippen MR) is 536 cm³/mol. The van der Waals surface area contributed by atoms with Crippen molar-refractivity contribution in [3.8, 4) is 101 Å². The molecular weight excluding hydrogens is 1550 g/mol. The fourth-order valence-electron chi connectivity index (χ4n) is 19.2. The summed E-state index contributed by atoms with van der Waals surface area (Å²) in [7, 11) is 0. The Morgan fingerprint density at radius 3 is 0.844 bits per heavy atom. The monoisotopic (exact) mass is 1630 g/mol. The van der Waals surface area contributed by atoms with Crippen molar-refractivity contribution in [3.05, 3.63) is 486 Å². The smallest absolute Gasteiger partial charge is 0.0701 e. The molecule has 24 aromatic rings. The summed E-state index contributed by atoms with van der Waals surface area (Å²) in [5.74, 6) is 0. The standard InChI is InChI=1S/2C60H40N4/c1-3-16-45(17-4-1)63(47-36-37-56-52(40-47)48-20-9-10-26-55(48)64(56)46-18-5-2-6-19-46)57-27-15-23-51-58(43-32-28-41(29-33-43)53-24-11-13-38-61-53)49-21-7-8-22-50(49)59(60(51)57)44-34-30-42(31-35-44)54-25-12-14-39-62-54;1-3-15-45(16-4-1)63(48-34-36-58-53(39-48)49-19-9-10-24-57(49)64(58)46-17-5-2-6-18-46)47-33-35-52-54(40-47)60(44-31-27-42(28-32-44)56-23-12-14-38-62-56)51-21-8-7-20-50(51)59(52)43-29-25-41(26-30-43)55-22-11-13-37-61-55/h2*1-40H. The Labute approximate surface area is 741 Å². The summed E-state index contributed by atoms with van der Waals surface area (Å²) in [5.41, 5.74) is 31.0. The average Bonchev–Trinajstić information content (AvgIpc) is 0.972. The fourth-order valence-corrected chi connectivity index (χ4v) is 19.2. The minimum atomic E-state index is 0.952. The van der Waals surface area contributed by atoms with Crippen LogP contribution in [0, 0.1) is 0 Å². The second-order valence-electron chi connectivity index (χ2n) is 32.3. The number of nitrogens with zero attached hydrogens (tertiary/aromatic N) is 8. The lowest BCUT2D eigenvalue weighted by atomic mass is 9.84. The van der Waals surface area contributed by atoms with E-state index >= 15 is 0 Å². The fraction of sp³-hybridized carbons (Fsp3) is 0. The van der Waals surface area contributed by atoms with Crippen LogP contribution in [0.3, 0.4) is 0 Å². The number of hydrogen-bond acceptors (Lipinski definition) is 6. The van der Waals surface area contributed by atoms with Crippen LogP contribution in [0.4, 0.5) is 34.1 Å². The van der Waals surface area contributed by atoms with Gasteiger partial charge in [-0.3, -0.25) is 19.9 Å². The maximum Gasteiger partial charge on any atom is 0.0701 e. The first kappa shape index (κ1) is 75.7. The maximum atomic E-state index is 4.67. The zero-order chi connectivity index (χ0) is 84.8. The largest absolute Gasteiger partial charge is 0.310 e. The first-order chi connectivity index (χ1) is 63.5. The van der Waals surface area contributed by atoms with Gasteiger partial charge in [0.15, 0.2) is 0 Å². The van der Waals surface area contributed by atoms with E-state index in [0.29, 0.717) is 0 Å². The summed E-state index contributed by atoms with van der Waals surface area (Å²) in [5, 5.41) is 14.3. The number of fused-ring (bicyclic) bond motifs is 10. The molecule has 0 radical (unpaired) electrons. The molecule has 0 saturated heterocycles. The van der Waals surface area contributed by atoms with E-state index < -0.39 is 0 Å². The summed E-state index contributed by atoms with van der Waals surface area (Å²) in [4.78, 5) is 23.5. The van der Waals surface area contributed by atoms with E-state index in [1.165, 1.54) is 103 Å². The molecule has 600 valence electrons. The van der Waals surface area contributed by atoms with E-state index in [1.807, 2.05) is 73.3 Å². The topological polar surface area (TPSA) is 67.9 Å². The molecule has 0 aliphatic heterocycles. The maximum absolute atomic E-state index is 4.67. The SMILES string of the molecule is c1ccc(N(c2ccc3c(-c4ccc(-c5ccccn5)cc4)c4ccccc4c(-c4ccc(-c5ccccn5)cc4)c3c2)c2ccc3c(c2)c2ccccc2n3-c2ccccc2)cc1.c1ccc(N(c2ccc3c(c2)c2ccccc2n3-c2ccccc2)c2cccc3c(-c4ccc(-c5ccccn5)cc4)c4ccccc4c(-c4ccc(-c5ccccn5)cc4)c23)cc1. The Morgan fingerprint density at radius 2 is 0.445 bits per heavy atom. The highest BCUT2D eigenvalue weighted by atomic mass is 15.2. The van der Waals surface area contributed by atoms with Crippen molar-refractivity contribution in [1.29, 1.82) is 0 Å². The number of pyridine rings is 4. The number of rotatable bonds is 16. The van der Waals surface area contributed by atoms with Gasteiger partial charge in [-0.2, -0.15) is 0 Å². The Bertz CT molecular complexity index is 8120. The first-order valence-corrected chi connectivity index (χ1v) is 43.5. The summed E-state index contributed by atoms with van der Waals surface area (Å²) in [6, 6.07) is 166. The van der Waals surface area contributed by atoms with Crippen LogP contribution in [0.5, 0.6) is 0 Å². The lowest BCUT2D eigenvalue weighted by Crippen LogP contribution is -2.11. The van der Waals surface area contributed by atoms with Gasteiger partial charge in [-0.05, 0) is 246 Å². The predicted octanol–water partition coefficient (Wildman–Crippen LogP) is 32.0. The van der Waals surface area contributed by atoms with Gasteiger partial charge in [-0.1, -0.05) is 297 Å². The molecule has 0 spiro atoms. The molecule has 0 amide bonds. The number of benzene rings is 18. The van der Waals surface area contributed by atoms with Gasteiger partial charge in [0.05, 0.1) is 50.5 Å². The van der Waals surface area contributed by atoms with Crippen molar-refractivity contribution >= 4 is 121 Å². The Kier molecular flexibility index (Phi) is 19.5. The molecule has 18 aromatic carbocycles. The highest BCUT2D eigenvalue weighted by Crippen LogP contribution is 2.53. The summed E-state index contributed by atoms with van der Waals surface area (Å²) in [6.07, 6.45) is 7.41. The summed E-state index contributed by atoms with van der Waals surface area (Å²) in [6.45, 7) is 0. The third-order valence-corrected chi connectivity index (χ3v) is 25.0. The third-order valence-electron chi connectivity index (χ3n) is 25.0. The third kappa shape index (κ3) is 13.7. The molecule has 0 N–H and O–H groups in total. The molecule has 0 aliphatic rings. The van der Waals surface area contributed by atoms with Crippen molar-refractivity contribution < 1.29 is 0 Å². The molecule has 0 unspecified atom stereocenters. The quantitative estimate of drug-likeness (QED) is 0.0898. The highest BCUT2D eigenvalue weighted by molar-refractivity contribution is 6.26. The second-order valence-corrected chi connectivity index (χ2v) is 32.3. The van der Waals surface area contributed by atoms with Gasteiger partial charge >= 0.3 is 0 Å². The van der Waals surface area contributed by atoms with Crippen molar-refractivity contribution in [2.45, 2.75) is 0 Å². The van der Waals surface area contributed by atoms with E-state index in [4.69, 9.17) is 0 Å². The lowest BCUT2D eigenvalue weighted by Gasteiger charge is -2.29. The first-order valence-electron chi connectivity index (χ1n) is 43.5. The van der Waals surface area contributed by atoms with Crippen LogP contribution in [0.2, 0.25) is 0 Å². The van der Waals surface area contributed by atoms with Gasteiger partial charge in [-0.25, -0.2) is 0 Å². The normalized spacial score (nSPS) is 11.4. The Balaban J connectivity index is 0.000000146. The molecule has 6 heterocycles. The number of hydrogen-bond donors (Lipinski definition) is 0. The molecule has 128 heavy (non-hydrogen) atoms. The highest BCUT2D eigenvalue weighted by Gasteiger charge is 2.27. The van der Waals surface area contributed by atoms with Gasteiger partial charge in [0.1, 0.15) is 0 Å². The minimum absolute atomic E-state index is 0.952. The zero-order valence-corrected chi connectivity index (χ0v) is 69.8. The molecule has 0 bridgehead atoms. The molecule has 8 heteroatoms.